The molecule has 0 saturated heterocycles. The Hall–Kier alpha value is -2.30. The summed E-state index contributed by atoms with van der Waals surface area (Å²) in [7, 11) is 3.28. The standard InChI is InChI=1S/C23H32N2O3/c1-4-5-6-7-10-15-25-23(26)19-12-9-8-11-18(19)22(24-25)17-13-14-20(27-2)21(16-17)28-3/h8-9,13-14,16,18-19H,4-7,10-12,15H2,1-3H3/t18-,19+/m0/s1. The van der Waals surface area contributed by atoms with Crippen LogP contribution < -0.4 is 9.47 Å². The van der Waals surface area contributed by atoms with Crippen molar-refractivity contribution in [2.75, 3.05) is 20.8 Å². The van der Waals surface area contributed by atoms with Crippen molar-refractivity contribution in [2.24, 2.45) is 16.9 Å². The van der Waals surface area contributed by atoms with Crippen LogP contribution in [0, 0.1) is 11.8 Å². The van der Waals surface area contributed by atoms with Crippen LogP contribution in [0.4, 0.5) is 0 Å². The van der Waals surface area contributed by atoms with Crippen molar-refractivity contribution in [1.82, 2.24) is 5.01 Å². The molecule has 0 fully saturated rings. The van der Waals surface area contributed by atoms with Crippen LogP contribution in [0.1, 0.15) is 57.4 Å². The van der Waals surface area contributed by atoms with Crippen LogP contribution in [-0.4, -0.2) is 37.4 Å². The topological polar surface area (TPSA) is 51.1 Å². The second kappa shape index (κ2) is 9.76. The number of fused-ring (bicyclic) bond motifs is 1. The normalized spacial score (nSPS) is 21.3. The van der Waals surface area contributed by atoms with Gasteiger partial charge in [0, 0.05) is 18.0 Å². The molecule has 1 aromatic carbocycles. The van der Waals surface area contributed by atoms with Gasteiger partial charge < -0.3 is 9.47 Å². The Morgan fingerprint density at radius 2 is 1.71 bits per heavy atom. The van der Waals surface area contributed by atoms with Crippen LogP contribution in [0.25, 0.3) is 0 Å². The number of allylic oxidation sites excluding steroid dienone is 2. The largest absolute Gasteiger partial charge is 0.493 e. The lowest BCUT2D eigenvalue weighted by Gasteiger charge is -2.37. The number of rotatable bonds is 9. The van der Waals surface area contributed by atoms with Crippen molar-refractivity contribution >= 4 is 11.6 Å². The average molecular weight is 385 g/mol. The van der Waals surface area contributed by atoms with Crippen LogP contribution in [0.2, 0.25) is 0 Å². The Balaban J connectivity index is 1.86. The van der Waals surface area contributed by atoms with Crippen LogP contribution >= 0.6 is 0 Å². The number of benzene rings is 1. The van der Waals surface area contributed by atoms with Crippen LogP contribution in [0.3, 0.4) is 0 Å². The van der Waals surface area contributed by atoms with Crippen molar-refractivity contribution in [3.05, 3.63) is 35.9 Å². The molecule has 5 nitrogen and oxygen atoms in total. The first-order valence-corrected chi connectivity index (χ1v) is 10.5. The van der Waals surface area contributed by atoms with Gasteiger partial charge in [0.05, 0.1) is 25.8 Å². The number of unbranched alkanes of at least 4 members (excludes halogenated alkanes) is 4. The highest BCUT2D eigenvalue weighted by Crippen LogP contribution is 2.37. The Morgan fingerprint density at radius 3 is 2.43 bits per heavy atom. The molecular weight excluding hydrogens is 352 g/mol. The Labute approximate surface area is 168 Å². The SMILES string of the molecule is CCCCCCCN1N=C(c2ccc(OC)c(OC)c2)[C@H]2CC=CC[C@H]2C1=O. The van der Waals surface area contributed by atoms with Gasteiger partial charge in [-0.1, -0.05) is 44.8 Å². The highest BCUT2D eigenvalue weighted by molar-refractivity contribution is 6.07. The van der Waals surface area contributed by atoms with E-state index in [0.717, 1.165) is 37.0 Å². The van der Waals surface area contributed by atoms with Crippen LogP contribution in [-0.2, 0) is 4.79 Å². The number of ether oxygens (including phenoxy) is 2. The van der Waals surface area contributed by atoms with Gasteiger partial charge in [0.25, 0.3) is 0 Å². The number of carbonyl (C=O) groups excluding carboxylic acids is 1. The van der Waals surface area contributed by atoms with Gasteiger partial charge in [-0.05, 0) is 37.5 Å². The molecule has 3 rings (SSSR count). The second-order valence-electron chi connectivity index (χ2n) is 7.59. The van der Waals surface area contributed by atoms with E-state index in [2.05, 4.69) is 19.1 Å². The summed E-state index contributed by atoms with van der Waals surface area (Å²) in [5, 5.41) is 6.56. The Morgan fingerprint density at radius 1 is 1.00 bits per heavy atom. The molecule has 0 N–H and O–H groups in total. The fourth-order valence-corrected chi connectivity index (χ4v) is 4.13. The maximum Gasteiger partial charge on any atom is 0.246 e. The van der Waals surface area contributed by atoms with E-state index in [9.17, 15) is 4.79 Å². The van der Waals surface area contributed by atoms with Crippen LogP contribution in [0.5, 0.6) is 11.5 Å². The molecule has 0 radical (unpaired) electrons. The second-order valence-corrected chi connectivity index (χ2v) is 7.59. The summed E-state index contributed by atoms with van der Waals surface area (Å²) in [6.45, 7) is 2.91. The number of methoxy groups -OCH3 is 2. The lowest BCUT2D eigenvalue weighted by Crippen LogP contribution is -2.45. The third kappa shape index (κ3) is 4.40. The summed E-state index contributed by atoms with van der Waals surface area (Å²) in [4.78, 5) is 13.0. The minimum absolute atomic E-state index is 0.0127. The molecule has 1 aliphatic carbocycles. The number of hydrazone groups is 1. The lowest BCUT2D eigenvalue weighted by molar-refractivity contribution is -0.137. The predicted molar refractivity (Wildman–Crippen MR) is 112 cm³/mol. The van der Waals surface area contributed by atoms with Gasteiger partial charge in [-0.2, -0.15) is 5.10 Å². The van der Waals surface area contributed by atoms with Crippen LogP contribution in [0.15, 0.2) is 35.5 Å². The molecule has 1 aromatic rings. The summed E-state index contributed by atoms with van der Waals surface area (Å²) in [6.07, 6.45) is 11.8. The van der Waals surface area contributed by atoms with Gasteiger partial charge in [-0.25, -0.2) is 5.01 Å². The number of carbonyl (C=O) groups is 1. The minimum Gasteiger partial charge on any atom is -0.493 e. The summed E-state index contributed by atoms with van der Waals surface area (Å²) in [6, 6.07) is 5.91. The van der Waals surface area contributed by atoms with Crippen molar-refractivity contribution in [3.8, 4) is 11.5 Å². The third-order valence-electron chi connectivity index (χ3n) is 5.74. The van der Waals surface area contributed by atoms with Gasteiger partial charge in [-0.3, -0.25) is 4.79 Å². The molecule has 5 heteroatoms. The Kier molecular flexibility index (Phi) is 7.12. The van der Waals surface area contributed by atoms with Crippen molar-refractivity contribution in [3.63, 3.8) is 0 Å². The van der Waals surface area contributed by atoms with E-state index in [1.54, 1.807) is 19.2 Å². The molecule has 28 heavy (non-hydrogen) atoms. The third-order valence-corrected chi connectivity index (χ3v) is 5.74. The summed E-state index contributed by atoms with van der Waals surface area (Å²) in [5.41, 5.74) is 2.00. The van der Waals surface area contributed by atoms with Crippen molar-refractivity contribution in [2.45, 2.75) is 51.9 Å². The van der Waals surface area contributed by atoms with Gasteiger partial charge in [0.2, 0.25) is 5.91 Å². The molecule has 1 heterocycles. The first-order chi connectivity index (χ1) is 13.7. The molecule has 0 unspecified atom stereocenters. The lowest BCUT2D eigenvalue weighted by atomic mass is 9.76. The highest BCUT2D eigenvalue weighted by Gasteiger charge is 2.39. The quantitative estimate of drug-likeness (QED) is 0.454. The van der Waals surface area contributed by atoms with Gasteiger partial charge in [-0.15, -0.1) is 0 Å². The Bertz CT molecular complexity index is 741. The van der Waals surface area contributed by atoms with Crippen molar-refractivity contribution < 1.29 is 14.3 Å². The van der Waals surface area contributed by atoms with E-state index in [4.69, 9.17) is 14.6 Å². The smallest absolute Gasteiger partial charge is 0.246 e. The number of nitrogens with zero attached hydrogens (tertiary/aromatic N) is 2. The van der Waals surface area contributed by atoms with E-state index in [-0.39, 0.29) is 17.7 Å². The van der Waals surface area contributed by atoms with Gasteiger partial charge in [0.15, 0.2) is 11.5 Å². The molecule has 2 atom stereocenters. The average Bonchev–Trinajstić information content (AvgIpc) is 2.74. The summed E-state index contributed by atoms with van der Waals surface area (Å²) < 4.78 is 10.8. The number of hydrogen-bond donors (Lipinski definition) is 0. The van der Waals surface area contributed by atoms with E-state index >= 15 is 0 Å². The number of amides is 1. The molecule has 1 amide bonds. The van der Waals surface area contributed by atoms with Gasteiger partial charge >= 0.3 is 0 Å². The zero-order valence-corrected chi connectivity index (χ0v) is 17.3. The zero-order valence-electron chi connectivity index (χ0n) is 17.3. The van der Waals surface area contributed by atoms with Gasteiger partial charge in [0.1, 0.15) is 0 Å². The molecule has 0 saturated carbocycles. The highest BCUT2D eigenvalue weighted by atomic mass is 16.5. The zero-order chi connectivity index (χ0) is 19.9. The predicted octanol–water partition coefficient (Wildman–Crippen LogP) is 4.80. The molecule has 0 bridgehead atoms. The van der Waals surface area contributed by atoms with E-state index in [0.29, 0.717) is 18.0 Å². The first-order valence-electron chi connectivity index (χ1n) is 10.5. The fourth-order valence-electron chi connectivity index (χ4n) is 4.13. The minimum atomic E-state index is -0.0127. The van der Waals surface area contributed by atoms with Crippen molar-refractivity contribution in [1.29, 1.82) is 0 Å². The molecule has 2 aliphatic rings. The molecule has 152 valence electrons. The van der Waals surface area contributed by atoms with E-state index in [1.165, 1.54) is 19.3 Å². The maximum absolute atomic E-state index is 13.0. The van der Waals surface area contributed by atoms with E-state index in [1.807, 2.05) is 18.2 Å². The molecule has 1 aliphatic heterocycles. The first kappa shape index (κ1) is 20.4. The number of hydrogen-bond acceptors (Lipinski definition) is 4. The fraction of sp³-hybridized carbons (Fsp3) is 0.565. The molecule has 0 spiro atoms. The summed E-state index contributed by atoms with van der Waals surface area (Å²) >= 11 is 0. The molecular formula is C23H32N2O3. The maximum atomic E-state index is 13.0. The molecule has 0 aromatic heterocycles. The summed E-state index contributed by atoms with van der Waals surface area (Å²) in [5.74, 6) is 1.68. The monoisotopic (exact) mass is 384 g/mol. The van der Waals surface area contributed by atoms with E-state index < -0.39 is 0 Å².